The standard InChI is InChI=1S/C12H19NO4/c1-10(2,3)17-9(16)13-6-11(4)5-12(11,7-13)8(14)15/h5-7H2,1-4H3,(H,14,15)/t11-,12+/m1/s1. The molecule has 1 heterocycles. The highest BCUT2D eigenvalue weighted by molar-refractivity contribution is 5.83. The minimum Gasteiger partial charge on any atom is -0.481 e. The molecule has 5 nitrogen and oxygen atoms in total. The van der Waals surface area contributed by atoms with Crippen LogP contribution >= 0.6 is 0 Å². The molecule has 0 bridgehead atoms. The summed E-state index contributed by atoms with van der Waals surface area (Å²) in [5, 5.41) is 9.23. The molecule has 0 unspecified atom stereocenters. The van der Waals surface area contributed by atoms with E-state index >= 15 is 0 Å². The molecular formula is C12H19NO4. The number of carboxylic acids is 1. The zero-order valence-electron chi connectivity index (χ0n) is 10.7. The lowest BCUT2D eigenvalue weighted by atomic mass is 9.99. The Hall–Kier alpha value is -1.26. The number of amides is 1. The number of rotatable bonds is 1. The van der Waals surface area contributed by atoms with Crippen molar-refractivity contribution in [2.45, 2.75) is 39.7 Å². The lowest BCUT2D eigenvalue weighted by Gasteiger charge is -2.26. The van der Waals surface area contributed by atoms with Crippen LogP contribution in [0.3, 0.4) is 0 Å². The van der Waals surface area contributed by atoms with Gasteiger partial charge in [-0.2, -0.15) is 0 Å². The van der Waals surface area contributed by atoms with Crippen LogP contribution in [0.2, 0.25) is 0 Å². The van der Waals surface area contributed by atoms with Crippen molar-refractivity contribution in [1.29, 1.82) is 0 Å². The third-order valence-electron chi connectivity index (χ3n) is 3.78. The van der Waals surface area contributed by atoms with Gasteiger partial charge in [-0.3, -0.25) is 4.79 Å². The van der Waals surface area contributed by atoms with Gasteiger partial charge >= 0.3 is 12.1 Å². The molecule has 1 N–H and O–H groups in total. The third-order valence-corrected chi connectivity index (χ3v) is 3.78. The molecule has 1 aliphatic heterocycles. The van der Waals surface area contributed by atoms with E-state index in [0.29, 0.717) is 13.0 Å². The molecule has 1 saturated heterocycles. The molecule has 96 valence electrons. The SMILES string of the molecule is CC(C)(C)OC(=O)N1C[C@@]2(C)C[C@@]2(C(=O)O)C1. The van der Waals surface area contributed by atoms with Crippen molar-refractivity contribution in [2.75, 3.05) is 13.1 Å². The zero-order chi connectivity index (χ0) is 13.1. The van der Waals surface area contributed by atoms with Gasteiger partial charge in [0.25, 0.3) is 0 Å². The molecule has 2 rings (SSSR count). The predicted octanol–water partition coefficient (Wildman–Crippen LogP) is 1.72. The topological polar surface area (TPSA) is 66.8 Å². The summed E-state index contributed by atoms with van der Waals surface area (Å²) in [5.41, 5.74) is -1.54. The fourth-order valence-corrected chi connectivity index (χ4v) is 2.74. The Balaban J connectivity index is 2.05. The largest absolute Gasteiger partial charge is 0.481 e. The van der Waals surface area contributed by atoms with Crippen LogP contribution in [-0.4, -0.2) is 40.8 Å². The quantitative estimate of drug-likeness (QED) is 0.759. The van der Waals surface area contributed by atoms with Crippen LogP contribution in [-0.2, 0) is 9.53 Å². The van der Waals surface area contributed by atoms with Gasteiger partial charge in [0.1, 0.15) is 5.60 Å². The summed E-state index contributed by atoms with van der Waals surface area (Å²) in [4.78, 5) is 24.6. The molecule has 0 radical (unpaired) electrons. The summed E-state index contributed by atoms with van der Waals surface area (Å²) < 4.78 is 5.25. The van der Waals surface area contributed by atoms with Crippen molar-refractivity contribution in [3.8, 4) is 0 Å². The molecule has 0 spiro atoms. The van der Waals surface area contributed by atoms with Gasteiger partial charge in [-0.1, -0.05) is 6.92 Å². The summed E-state index contributed by atoms with van der Waals surface area (Å²) in [6.07, 6.45) is 0.251. The van der Waals surface area contributed by atoms with Gasteiger partial charge in [0.05, 0.1) is 5.41 Å². The van der Waals surface area contributed by atoms with Crippen molar-refractivity contribution < 1.29 is 19.4 Å². The van der Waals surface area contributed by atoms with Crippen LogP contribution in [0.1, 0.15) is 34.1 Å². The Kier molecular flexibility index (Phi) is 2.26. The highest BCUT2D eigenvalue weighted by atomic mass is 16.6. The second-order valence-electron chi connectivity index (χ2n) is 6.46. The van der Waals surface area contributed by atoms with E-state index < -0.39 is 23.1 Å². The minimum absolute atomic E-state index is 0.268. The first kappa shape index (κ1) is 12.2. The molecule has 5 heteroatoms. The van der Waals surface area contributed by atoms with Crippen molar-refractivity contribution in [1.82, 2.24) is 4.90 Å². The second kappa shape index (κ2) is 3.15. The first-order valence-electron chi connectivity index (χ1n) is 5.81. The smallest absolute Gasteiger partial charge is 0.410 e. The maximum atomic E-state index is 11.8. The monoisotopic (exact) mass is 241 g/mol. The molecular weight excluding hydrogens is 222 g/mol. The molecule has 2 fully saturated rings. The van der Waals surface area contributed by atoms with E-state index in [1.165, 1.54) is 4.90 Å². The number of hydrogen-bond donors (Lipinski definition) is 1. The van der Waals surface area contributed by atoms with Gasteiger partial charge in [-0.25, -0.2) is 4.79 Å². The van der Waals surface area contributed by atoms with Gasteiger partial charge in [0, 0.05) is 18.5 Å². The van der Waals surface area contributed by atoms with E-state index in [0.717, 1.165) is 0 Å². The maximum Gasteiger partial charge on any atom is 0.410 e. The first-order chi connectivity index (χ1) is 7.60. The average Bonchev–Trinajstić information content (AvgIpc) is 2.58. The van der Waals surface area contributed by atoms with Gasteiger partial charge in [0.2, 0.25) is 0 Å². The number of aliphatic carboxylic acids is 1. The Bertz CT molecular complexity index is 386. The van der Waals surface area contributed by atoms with Crippen molar-refractivity contribution in [2.24, 2.45) is 10.8 Å². The van der Waals surface area contributed by atoms with Gasteiger partial charge in [0.15, 0.2) is 0 Å². The van der Waals surface area contributed by atoms with Crippen LogP contribution in [0.4, 0.5) is 4.79 Å². The van der Waals surface area contributed by atoms with Gasteiger partial charge in [-0.05, 0) is 27.2 Å². The molecule has 0 aromatic rings. The van der Waals surface area contributed by atoms with E-state index in [9.17, 15) is 14.7 Å². The summed E-state index contributed by atoms with van der Waals surface area (Å²) in [7, 11) is 0. The maximum absolute atomic E-state index is 11.8. The first-order valence-corrected chi connectivity index (χ1v) is 5.81. The number of carbonyl (C=O) groups excluding carboxylic acids is 1. The predicted molar refractivity (Wildman–Crippen MR) is 60.6 cm³/mol. The molecule has 17 heavy (non-hydrogen) atoms. The third kappa shape index (κ3) is 1.77. The van der Waals surface area contributed by atoms with E-state index in [4.69, 9.17) is 4.74 Å². The van der Waals surface area contributed by atoms with E-state index in [-0.39, 0.29) is 12.0 Å². The number of piperidine rings is 1. The van der Waals surface area contributed by atoms with Crippen LogP contribution in [0.15, 0.2) is 0 Å². The number of nitrogens with zero attached hydrogens (tertiary/aromatic N) is 1. The summed E-state index contributed by atoms with van der Waals surface area (Å²) in [6, 6.07) is 0. The summed E-state index contributed by atoms with van der Waals surface area (Å²) in [5.74, 6) is -0.800. The van der Waals surface area contributed by atoms with Gasteiger partial charge in [-0.15, -0.1) is 0 Å². The Morgan fingerprint density at radius 1 is 1.29 bits per heavy atom. The highest BCUT2D eigenvalue weighted by Gasteiger charge is 2.74. The van der Waals surface area contributed by atoms with Crippen molar-refractivity contribution in [3.05, 3.63) is 0 Å². The number of carboxylic acid groups (broad SMARTS) is 1. The zero-order valence-corrected chi connectivity index (χ0v) is 10.7. The molecule has 2 aliphatic rings. The fraction of sp³-hybridized carbons (Fsp3) is 0.833. The van der Waals surface area contributed by atoms with E-state index in [2.05, 4.69) is 0 Å². The number of carbonyl (C=O) groups is 2. The summed E-state index contributed by atoms with van der Waals surface area (Å²) in [6.45, 7) is 8.08. The van der Waals surface area contributed by atoms with E-state index in [1.54, 1.807) is 20.8 Å². The Morgan fingerprint density at radius 2 is 1.88 bits per heavy atom. The normalized spacial score (nSPS) is 35.4. The second-order valence-corrected chi connectivity index (χ2v) is 6.46. The Labute approximate surface area is 101 Å². The molecule has 0 aromatic carbocycles. The highest BCUT2D eigenvalue weighted by Crippen LogP contribution is 2.68. The lowest BCUT2D eigenvalue weighted by Crippen LogP contribution is -2.38. The van der Waals surface area contributed by atoms with Crippen LogP contribution in [0, 0.1) is 10.8 Å². The summed E-state index contributed by atoms with van der Waals surface area (Å²) >= 11 is 0. The molecule has 2 atom stereocenters. The minimum atomic E-state index is -0.800. The number of fused-ring (bicyclic) bond motifs is 1. The number of hydrogen-bond acceptors (Lipinski definition) is 3. The molecule has 1 saturated carbocycles. The van der Waals surface area contributed by atoms with Crippen LogP contribution < -0.4 is 0 Å². The van der Waals surface area contributed by atoms with Gasteiger partial charge < -0.3 is 14.7 Å². The molecule has 1 amide bonds. The van der Waals surface area contributed by atoms with Crippen molar-refractivity contribution >= 4 is 12.1 Å². The Morgan fingerprint density at radius 3 is 2.29 bits per heavy atom. The van der Waals surface area contributed by atoms with E-state index in [1.807, 2.05) is 6.92 Å². The van der Waals surface area contributed by atoms with Crippen molar-refractivity contribution in [3.63, 3.8) is 0 Å². The average molecular weight is 241 g/mol. The number of likely N-dealkylation sites (tertiary alicyclic amines) is 1. The fourth-order valence-electron chi connectivity index (χ4n) is 2.74. The number of ether oxygens (including phenoxy) is 1. The lowest BCUT2D eigenvalue weighted by molar-refractivity contribution is -0.144. The van der Waals surface area contributed by atoms with Crippen LogP contribution in [0.5, 0.6) is 0 Å². The molecule has 0 aromatic heterocycles. The molecule has 1 aliphatic carbocycles. The van der Waals surface area contributed by atoms with Crippen LogP contribution in [0.25, 0.3) is 0 Å².